The number of fused-ring (bicyclic) bond motifs is 1. The zero-order chi connectivity index (χ0) is 17.7. The number of likely N-dealkylation sites (N-methyl/N-ethyl adjacent to an activating group) is 1. The maximum absolute atomic E-state index is 12.1. The molecule has 0 radical (unpaired) electrons. The number of ether oxygens (including phenoxy) is 1. The summed E-state index contributed by atoms with van der Waals surface area (Å²) in [4.78, 5) is 36.1. The molecule has 0 spiro atoms. The fourth-order valence-electron chi connectivity index (χ4n) is 2.10. The third-order valence-electron chi connectivity index (χ3n) is 3.60. The van der Waals surface area contributed by atoms with Crippen LogP contribution in [-0.4, -0.2) is 42.4 Å². The van der Waals surface area contributed by atoms with Crippen molar-refractivity contribution in [3.05, 3.63) is 42.5 Å². The van der Waals surface area contributed by atoms with Gasteiger partial charge in [0.1, 0.15) is 6.54 Å². The van der Waals surface area contributed by atoms with E-state index in [0.29, 0.717) is 5.69 Å². The highest BCUT2D eigenvalue weighted by Gasteiger charge is 2.19. The Morgan fingerprint density at radius 1 is 1.12 bits per heavy atom. The molecule has 0 heterocycles. The van der Waals surface area contributed by atoms with Crippen LogP contribution in [0.3, 0.4) is 0 Å². The molecule has 2 amide bonds. The van der Waals surface area contributed by atoms with Gasteiger partial charge in [-0.1, -0.05) is 30.3 Å². The summed E-state index contributed by atoms with van der Waals surface area (Å²) in [5.41, 5.74) is 0.627. The van der Waals surface area contributed by atoms with Crippen LogP contribution >= 0.6 is 0 Å². The van der Waals surface area contributed by atoms with Crippen molar-refractivity contribution in [3.8, 4) is 0 Å². The molecule has 2 rings (SSSR count). The molecule has 0 aliphatic carbocycles. The average Bonchev–Trinajstić information content (AvgIpc) is 2.54. The molecule has 1 N–H and O–H groups in total. The van der Waals surface area contributed by atoms with Crippen LogP contribution in [0.2, 0.25) is 0 Å². The lowest BCUT2D eigenvalue weighted by molar-refractivity contribution is -0.155. The second-order valence-corrected chi connectivity index (χ2v) is 5.56. The van der Waals surface area contributed by atoms with Gasteiger partial charge in [0.2, 0.25) is 5.91 Å². The van der Waals surface area contributed by atoms with E-state index >= 15 is 0 Å². The highest BCUT2D eigenvalue weighted by atomic mass is 16.5. The zero-order valence-corrected chi connectivity index (χ0v) is 13.9. The van der Waals surface area contributed by atoms with Gasteiger partial charge in [0.05, 0.1) is 0 Å². The predicted octanol–water partition coefficient (Wildman–Crippen LogP) is 2.19. The predicted molar refractivity (Wildman–Crippen MR) is 91.4 cm³/mol. The summed E-state index contributed by atoms with van der Waals surface area (Å²) >= 11 is 0. The summed E-state index contributed by atoms with van der Waals surface area (Å²) < 4.78 is 5.05. The number of hydrogen-bond donors (Lipinski definition) is 1. The van der Waals surface area contributed by atoms with Crippen molar-refractivity contribution in [2.24, 2.45) is 0 Å². The van der Waals surface area contributed by atoms with E-state index in [-0.39, 0.29) is 12.5 Å². The van der Waals surface area contributed by atoms with Gasteiger partial charge in [-0.2, -0.15) is 0 Å². The average molecular weight is 328 g/mol. The third kappa shape index (κ3) is 4.55. The molecule has 0 saturated heterocycles. The number of esters is 1. The Kier molecular flexibility index (Phi) is 5.52. The number of carbonyl (C=O) groups excluding carboxylic acids is 3. The van der Waals surface area contributed by atoms with Crippen molar-refractivity contribution >= 4 is 34.2 Å². The van der Waals surface area contributed by atoms with Crippen molar-refractivity contribution in [1.29, 1.82) is 0 Å². The van der Waals surface area contributed by atoms with E-state index in [1.807, 2.05) is 36.4 Å². The van der Waals surface area contributed by atoms with Crippen LogP contribution in [-0.2, 0) is 19.1 Å². The first kappa shape index (κ1) is 17.5. The highest BCUT2D eigenvalue weighted by Crippen LogP contribution is 2.19. The highest BCUT2D eigenvalue weighted by molar-refractivity contribution is 5.97. The summed E-state index contributed by atoms with van der Waals surface area (Å²) in [5, 5.41) is 4.79. The lowest BCUT2D eigenvalue weighted by Gasteiger charge is -2.17. The van der Waals surface area contributed by atoms with Crippen LogP contribution < -0.4 is 5.32 Å². The molecule has 1 atom stereocenters. The number of hydrogen-bond acceptors (Lipinski definition) is 4. The van der Waals surface area contributed by atoms with Gasteiger partial charge in [-0.25, -0.2) is 0 Å². The molecule has 0 aliphatic rings. The van der Waals surface area contributed by atoms with E-state index < -0.39 is 18.0 Å². The minimum Gasteiger partial charge on any atom is -0.451 e. The smallest absolute Gasteiger partial charge is 0.326 e. The summed E-state index contributed by atoms with van der Waals surface area (Å²) in [6.07, 6.45) is -0.954. The summed E-state index contributed by atoms with van der Waals surface area (Å²) in [5.74, 6) is -1.31. The molecule has 0 aliphatic heterocycles. The largest absolute Gasteiger partial charge is 0.451 e. The molecule has 0 bridgehead atoms. The monoisotopic (exact) mass is 328 g/mol. The summed E-state index contributed by atoms with van der Waals surface area (Å²) in [6, 6.07) is 13.3. The fraction of sp³-hybridized carbons (Fsp3) is 0.278. The van der Waals surface area contributed by atoms with E-state index in [4.69, 9.17) is 4.74 Å². The lowest BCUT2D eigenvalue weighted by atomic mass is 10.1. The number of benzene rings is 2. The van der Waals surface area contributed by atoms with Crippen molar-refractivity contribution in [1.82, 2.24) is 4.90 Å². The van der Waals surface area contributed by atoms with Gasteiger partial charge in [0, 0.05) is 19.7 Å². The second-order valence-electron chi connectivity index (χ2n) is 5.56. The molecule has 6 heteroatoms. The minimum absolute atomic E-state index is 0.192. The normalized spacial score (nSPS) is 11.6. The van der Waals surface area contributed by atoms with Crippen LogP contribution in [0.5, 0.6) is 0 Å². The van der Waals surface area contributed by atoms with E-state index in [2.05, 4.69) is 5.32 Å². The Labute approximate surface area is 140 Å². The Morgan fingerprint density at radius 3 is 2.46 bits per heavy atom. The maximum atomic E-state index is 12.1. The molecule has 0 aromatic heterocycles. The first-order valence-corrected chi connectivity index (χ1v) is 7.57. The van der Waals surface area contributed by atoms with Gasteiger partial charge in [-0.15, -0.1) is 0 Å². The Hall–Kier alpha value is -2.89. The summed E-state index contributed by atoms with van der Waals surface area (Å²) in [7, 11) is 1.49. The Balaban J connectivity index is 1.95. The third-order valence-corrected chi connectivity index (χ3v) is 3.60. The van der Waals surface area contributed by atoms with Crippen LogP contribution in [0.15, 0.2) is 42.5 Å². The van der Waals surface area contributed by atoms with E-state index in [9.17, 15) is 14.4 Å². The van der Waals surface area contributed by atoms with Gasteiger partial charge in [0.25, 0.3) is 5.91 Å². The molecule has 126 valence electrons. The van der Waals surface area contributed by atoms with Crippen LogP contribution in [0.1, 0.15) is 13.8 Å². The maximum Gasteiger partial charge on any atom is 0.326 e. The number of nitrogens with zero attached hydrogens (tertiary/aromatic N) is 1. The number of amides is 2. The van der Waals surface area contributed by atoms with Crippen molar-refractivity contribution in [3.63, 3.8) is 0 Å². The Morgan fingerprint density at radius 2 is 1.79 bits per heavy atom. The van der Waals surface area contributed by atoms with Crippen molar-refractivity contribution < 1.29 is 19.1 Å². The molecular formula is C18H20N2O4. The molecule has 2 aromatic rings. The standard InChI is InChI=1S/C18H20N2O4/c1-12(24-17(22)11-20(3)13(2)21)18(23)19-16-9-8-14-6-4-5-7-15(14)10-16/h4-10,12H,11H2,1-3H3,(H,19,23)/t12-/m0/s1. The fourth-order valence-corrected chi connectivity index (χ4v) is 2.10. The molecule has 0 fully saturated rings. The van der Waals surface area contributed by atoms with Gasteiger partial charge in [0.15, 0.2) is 6.10 Å². The second kappa shape index (κ2) is 7.59. The molecule has 6 nitrogen and oxygen atoms in total. The number of rotatable bonds is 5. The first-order valence-electron chi connectivity index (χ1n) is 7.57. The molecule has 2 aromatic carbocycles. The lowest BCUT2D eigenvalue weighted by Crippen LogP contribution is -2.36. The van der Waals surface area contributed by atoms with Crippen LogP contribution in [0, 0.1) is 0 Å². The SMILES string of the molecule is CC(=O)N(C)CC(=O)O[C@@H](C)C(=O)Nc1ccc2ccccc2c1. The van der Waals surface area contributed by atoms with E-state index in [1.54, 1.807) is 6.07 Å². The van der Waals surface area contributed by atoms with E-state index in [1.165, 1.54) is 25.8 Å². The zero-order valence-electron chi connectivity index (χ0n) is 13.9. The quantitative estimate of drug-likeness (QED) is 0.854. The van der Waals surface area contributed by atoms with E-state index in [0.717, 1.165) is 10.8 Å². The van der Waals surface area contributed by atoms with Crippen molar-refractivity contribution in [2.45, 2.75) is 20.0 Å². The number of carbonyl (C=O) groups is 3. The van der Waals surface area contributed by atoms with Gasteiger partial charge in [-0.05, 0) is 29.8 Å². The first-order chi connectivity index (χ1) is 11.4. The topological polar surface area (TPSA) is 75.7 Å². The minimum atomic E-state index is -0.954. The van der Waals surface area contributed by atoms with Crippen LogP contribution in [0.25, 0.3) is 10.8 Å². The van der Waals surface area contributed by atoms with Crippen molar-refractivity contribution in [2.75, 3.05) is 18.9 Å². The molecule has 24 heavy (non-hydrogen) atoms. The van der Waals surface area contributed by atoms with Gasteiger partial charge in [-0.3, -0.25) is 14.4 Å². The Bertz CT molecular complexity index is 772. The van der Waals surface area contributed by atoms with Gasteiger partial charge >= 0.3 is 5.97 Å². The summed E-state index contributed by atoms with van der Waals surface area (Å²) in [6.45, 7) is 2.65. The van der Waals surface area contributed by atoms with Crippen LogP contribution in [0.4, 0.5) is 5.69 Å². The van der Waals surface area contributed by atoms with Gasteiger partial charge < -0.3 is 15.0 Å². The number of nitrogens with one attached hydrogen (secondary N) is 1. The molecule has 0 saturated carbocycles. The molecular weight excluding hydrogens is 308 g/mol. The molecule has 0 unspecified atom stereocenters. The number of anilines is 1.